The summed E-state index contributed by atoms with van der Waals surface area (Å²) in [5, 5.41) is 8.02. The second-order valence-electron chi connectivity index (χ2n) is 8.50. The summed E-state index contributed by atoms with van der Waals surface area (Å²) in [5.41, 5.74) is 2.43. The zero-order chi connectivity index (χ0) is 23.4. The van der Waals surface area contributed by atoms with Crippen LogP contribution in [-0.4, -0.2) is 50.4 Å². The Balaban J connectivity index is 1.71. The Morgan fingerprint density at radius 3 is 2.61 bits per heavy atom. The Kier molecular flexibility index (Phi) is 5.06. The smallest absolute Gasteiger partial charge is 0.217 e. The number of methoxy groups -OCH3 is 1. The molecule has 1 fully saturated rings. The van der Waals surface area contributed by atoms with Gasteiger partial charge in [-0.1, -0.05) is 12.1 Å². The summed E-state index contributed by atoms with van der Waals surface area (Å²) in [4.78, 5) is 13.9. The molecule has 0 bridgehead atoms. The minimum atomic E-state index is -3.45. The molecule has 2 aromatic carbocycles. The molecule has 1 aromatic heterocycles. The van der Waals surface area contributed by atoms with Crippen LogP contribution in [0.15, 0.2) is 47.4 Å². The van der Waals surface area contributed by atoms with Crippen molar-refractivity contribution in [2.75, 3.05) is 26.5 Å². The van der Waals surface area contributed by atoms with Crippen molar-refractivity contribution in [3.8, 4) is 22.8 Å². The number of ketones is 1. The number of nitrogens with one attached hydrogen (secondary N) is 1. The van der Waals surface area contributed by atoms with E-state index in [1.54, 1.807) is 4.68 Å². The minimum Gasteiger partial charge on any atom is -0.496 e. The largest absolute Gasteiger partial charge is 0.496 e. The van der Waals surface area contributed by atoms with E-state index >= 15 is 0 Å². The fraction of sp³-hybridized carbons (Fsp3) is 0.333. The molecular formula is C24H25N3O5S. The number of aryl methyl sites for hydroxylation is 1. The monoisotopic (exact) mass is 467 g/mol. The van der Waals surface area contributed by atoms with Crippen molar-refractivity contribution in [1.82, 2.24) is 15.1 Å². The highest BCUT2D eigenvalue weighted by Crippen LogP contribution is 2.50. The Hall–Kier alpha value is -3.17. The van der Waals surface area contributed by atoms with E-state index in [1.807, 2.05) is 31.3 Å². The van der Waals surface area contributed by atoms with Gasteiger partial charge in [0.05, 0.1) is 28.8 Å². The Morgan fingerprint density at radius 2 is 1.91 bits per heavy atom. The van der Waals surface area contributed by atoms with Crippen LogP contribution in [0.2, 0.25) is 0 Å². The number of piperidine rings is 1. The third-order valence-electron chi connectivity index (χ3n) is 6.42. The fourth-order valence-corrected chi connectivity index (χ4v) is 5.47. The molecule has 1 spiro atoms. The maximum atomic E-state index is 13.8. The molecule has 2 aliphatic rings. The summed E-state index contributed by atoms with van der Waals surface area (Å²) in [6.45, 7) is 1.52. The Bertz CT molecular complexity index is 1370. The molecule has 0 saturated carbocycles. The number of carbonyl (C=O) groups excluding carboxylic acids is 1. The van der Waals surface area contributed by atoms with E-state index in [-0.39, 0.29) is 22.0 Å². The van der Waals surface area contributed by atoms with Crippen molar-refractivity contribution >= 4 is 15.6 Å². The first kappa shape index (κ1) is 21.7. The van der Waals surface area contributed by atoms with Crippen molar-refractivity contribution in [3.63, 3.8) is 0 Å². The van der Waals surface area contributed by atoms with Crippen LogP contribution in [0.5, 0.6) is 11.5 Å². The van der Waals surface area contributed by atoms with Crippen LogP contribution in [0.1, 0.15) is 34.5 Å². The number of para-hydroxylation sites is 1. The van der Waals surface area contributed by atoms with E-state index in [0.29, 0.717) is 18.5 Å². The first-order valence-electron chi connectivity index (χ1n) is 10.7. The molecule has 8 nitrogen and oxygen atoms in total. The lowest BCUT2D eigenvalue weighted by Gasteiger charge is -2.42. The molecule has 0 atom stereocenters. The van der Waals surface area contributed by atoms with Crippen molar-refractivity contribution in [3.05, 3.63) is 59.3 Å². The minimum absolute atomic E-state index is 0.0889. The SMILES string of the molecule is COc1cc(S(C)(=O)=O)ccc1C(=O)c1nn(C)c2c1C1(CCNCC1)Oc1ccccc1-2. The average molecular weight is 468 g/mol. The predicted molar refractivity (Wildman–Crippen MR) is 123 cm³/mol. The normalized spacial score (nSPS) is 16.6. The maximum absolute atomic E-state index is 13.8. The van der Waals surface area contributed by atoms with Crippen molar-refractivity contribution in [1.29, 1.82) is 0 Å². The van der Waals surface area contributed by atoms with Gasteiger partial charge in [0.25, 0.3) is 0 Å². The van der Waals surface area contributed by atoms with Gasteiger partial charge in [-0.25, -0.2) is 8.42 Å². The summed E-state index contributed by atoms with van der Waals surface area (Å²) >= 11 is 0. The lowest BCUT2D eigenvalue weighted by atomic mass is 9.79. The van der Waals surface area contributed by atoms with Crippen LogP contribution in [-0.2, 0) is 22.5 Å². The molecule has 1 saturated heterocycles. The average Bonchev–Trinajstić information content (AvgIpc) is 3.17. The van der Waals surface area contributed by atoms with Gasteiger partial charge in [0.1, 0.15) is 22.8 Å². The zero-order valence-electron chi connectivity index (χ0n) is 18.7. The molecule has 1 N–H and O–H groups in total. The number of rotatable bonds is 4. The Morgan fingerprint density at radius 1 is 1.18 bits per heavy atom. The van der Waals surface area contributed by atoms with Crippen molar-refractivity contribution < 1.29 is 22.7 Å². The fourth-order valence-electron chi connectivity index (χ4n) is 4.84. The molecule has 9 heteroatoms. The number of hydrogen-bond acceptors (Lipinski definition) is 7. The van der Waals surface area contributed by atoms with Gasteiger partial charge in [-0.3, -0.25) is 9.48 Å². The van der Waals surface area contributed by atoms with E-state index in [4.69, 9.17) is 9.47 Å². The van der Waals surface area contributed by atoms with E-state index in [0.717, 1.165) is 41.9 Å². The second-order valence-corrected chi connectivity index (χ2v) is 10.5. The van der Waals surface area contributed by atoms with Crippen LogP contribution in [0.4, 0.5) is 0 Å². The van der Waals surface area contributed by atoms with Gasteiger partial charge in [-0.05, 0) is 43.4 Å². The number of sulfone groups is 1. The number of benzene rings is 2. The van der Waals surface area contributed by atoms with Gasteiger partial charge < -0.3 is 14.8 Å². The van der Waals surface area contributed by atoms with Gasteiger partial charge in [0.2, 0.25) is 5.78 Å². The van der Waals surface area contributed by atoms with E-state index < -0.39 is 15.4 Å². The molecule has 3 heterocycles. The van der Waals surface area contributed by atoms with E-state index in [2.05, 4.69) is 10.4 Å². The molecule has 0 aliphatic carbocycles. The molecule has 33 heavy (non-hydrogen) atoms. The topological polar surface area (TPSA) is 99.5 Å². The van der Waals surface area contributed by atoms with Crippen LogP contribution >= 0.6 is 0 Å². The summed E-state index contributed by atoms with van der Waals surface area (Å²) in [6, 6.07) is 12.1. The van der Waals surface area contributed by atoms with Crippen molar-refractivity contribution in [2.45, 2.75) is 23.3 Å². The number of hydrogen-bond donors (Lipinski definition) is 1. The lowest BCUT2D eigenvalue weighted by Crippen LogP contribution is -2.46. The molecule has 0 radical (unpaired) electrons. The lowest BCUT2D eigenvalue weighted by molar-refractivity contribution is 0.0297. The van der Waals surface area contributed by atoms with Gasteiger partial charge in [0.15, 0.2) is 9.84 Å². The first-order valence-corrected chi connectivity index (χ1v) is 12.6. The number of nitrogens with zero attached hydrogens (tertiary/aromatic N) is 2. The molecule has 0 unspecified atom stereocenters. The molecular weight excluding hydrogens is 442 g/mol. The molecule has 0 amide bonds. The van der Waals surface area contributed by atoms with E-state index in [9.17, 15) is 13.2 Å². The number of carbonyl (C=O) groups is 1. The third kappa shape index (κ3) is 3.43. The predicted octanol–water partition coefficient (Wildman–Crippen LogP) is 2.70. The highest BCUT2D eigenvalue weighted by Gasteiger charge is 2.47. The summed E-state index contributed by atoms with van der Waals surface area (Å²) in [5.74, 6) is 0.646. The number of ether oxygens (including phenoxy) is 2. The zero-order valence-corrected chi connectivity index (χ0v) is 19.5. The summed E-state index contributed by atoms with van der Waals surface area (Å²) in [7, 11) is -0.200. The van der Waals surface area contributed by atoms with Gasteiger partial charge in [0, 0.05) is 31.7 Å². The second kappa shape index (κ2) is 7.71. The number of fused-ring (bicyclic) bond motifs is 4. The highest BCUT2D eigenvalue weighted by atomic mass is 32.2. The number of aromatic nitrogens is 2. The van der Waals surface area contributed by atoms with E-state index in [1.165, 1.54) is 25.3 Å². The standard InChI is InChI=1S/C24H25N3O5S/c1-27-22-16-6-4-5-7-18(16)32-24(10-12-25-13-11-24)20(22)21(26-27)23(28)17-9-8-15(33(3,29)30)14-19(17)31-2/h4-9,14,25H,10-13H2,1-3H3. The highest BCUT2D eigenvalue weighted by molar-refractivity contribution is 7.90. The summed E-state index contributed by atoms with van der Waals surface area (Å²) in [6.07, 6.45) is 2.52. The first-order chi connectivity index (χ1) is 15.7. The molecule has 5 rings (SSSR count). The third-order valence-corrected chi connectivity index (χ3v) is 7.53. The van der Waals surface area contributed by atoms with Crippen LogP contribution < -0.4 is 14.8 Å². The molecule has 172 valence electrons. The molecule has 3 aromatic rings. The Labute approximate surface area is 192 Å². The van der Waals surface area contributed by atoms with Crippen molar-refractivity contribution in [2.24, 2.45) is 7.05 Å². The van der Waals surface area contributed by atoms with Crippen LogP contribution in [0, 0.1) is 0 Å². The van der Waals surface area contributed by atoms with Crippen LogP contribution in [0.3, 0.4) is 0 Å². The summed E-state index contributed by atoms with van der Waals surface area (Å²) < 4.78 is 37.7. The maximum Gasteiger partial charge on any atom is 0.217 e. The van der Waals surface area contributed by atoms with Crippen LogP contribution in [0.25, 0.3) is 11.3 Å². The van der Waals surface area contributed by atoms with Gasteiger partial charge in [-0.2, -0.15) is 5.10 Å². The quantitative estimate of drug-likeness (QED) is 0.589. The van der Waals surface area contributed by atoms with Gasteiger partial charge >= 0.3 is 0 Å². The van der Waals surface area contributed by atoms with Gasteiger partial charge in [-0.15, -0.1) is 0 Å². The molecule has 2 aliphatic heterocycles.